The topological polar surface area (TPSA) is 119 Å². The Hall–Kier alpha value is -4.73. The molecule has 5 aromatic rings. The van der Waals surface area contributed by atoms with Crippen LogP contribution >= 0.6 is 0 Å². The third-order valence-electron chi connectivity index (χ3n) is 5.33. The summed E-state index contributed by atoms with van der Waals surface area (Å²) in [7, 11) is 1.74. The molecule has 0 aliphatic rings. The van der Waals surface area contributed by atoms with Gasteiger partial charge in [-0.3, -0.25) is 19.4 Å². The SMILES string of the molecule is Cc1cccc(OCc2cc(=O)n3[nH]c(-c4ccccc4)nc3n2)c1C(=O)Nc1ccnn1C. The molecule has 2 aromatic carbocycles. The van der Waals surface area contributed by atoms with Gasteiger partial charge in [-0.1, -0.05) is 42.5 Å². The summed E-state index contributed by atoms with van der Waals surface area (Å²) in [6.45, 7) is 1.82. The number of fused-ring (bicyclic) bond motifs is 1. The van der Waals surface area contributed by atoms with Crippen LogP contribution in [0.5, 0.6) is 5.75 Å². The smallest absolute Gasteiger partial charge is 0.274 e. The van der Waals surface area contributed by atoms with Gasteiger partial charge in [-0.05, 0) is 18.6 Å². The van der Waals surface area contributed by atoms with Gasteiger partial charge >= 0.3 is 0 Å². The molecule has 0 bridgehead atoms. The van der Waals surface area contributed by atoms with Crippen LogP contribution in [0, 0.1) is 6.92 Å². The minimum atomic E-state index is -0.319. The van der Waals surface area contributed by atoms with Crippen molar-refractivity contribution in [2.24, 2.45) is 7.05 Å². The lowest BCUT2D eigenvalue weighted by Crippen LogP contribution is -2.18. The number of rotatable bonds is 6. The molecular weight excluding hydrogens is 434 g/mol. The van der Waals surface area contributed by atoms with E-state index in [1.54, 1.807) is 36.1 Å². The van der Waals surface area contributed by atoms with E-state index in [0.717, 1.165) is 11.1 Å². The Morgan fingerprint density at radius 2 is 1.91 bits per heavy atom. The number of hydrogen-bond donors (Lipinski definition) is 2. The molecule has 2 N–H and O–H groups in total. The van der Waals surface area contributed by atoms with Gasteiger partial charge in [0.1, 0.15) is 18.2 Å². The molecule has 0 spiro atoms. The number of carbonyl (C=O) groups is 1. The second-order valence-corrected chi connectivity index (χ2v) is 7.69. The molecule has 0 atom stereocenters. The van der Waals surface area contributed by atoms with Gasteiger partial charge in [0.15, 0.2) is 5.82 Å². The Morgan fingerprint density at radius 1 is 1.09 bits per heavy atom. The largest absolute Gasteiger partial charge is 0.486 e. The number of amides is 1. The van der Waals surface area contributed by atoms with Crippen molar-refractivity contribution in [2.75, 3.05) is 5.32 Å². The van der Waals surface area contributed by atoms with Gasteiger partial charge in [0.2, 0.25) is 0 Å². The van der Waals surface area contributed by atoms with Crippen molar-refractivity contribution < 1.29 is 9.53 Å². The van der Waals surface area contributed by atoms with E-state index in [4.69, 9.17) is 4.74 Å². The van der Waals surface area contributed by atoms with E-state index in [9.17, 15) is 9.59 Å². The van der Waals surface area contributed by atoms with Gasteiger partial charge in [-0.25, -0.2) is 4.98 Å². The summed E-state index contributed by atoms with van der Waals surface area (Å²) in [6, 6.07) is 17.9. The molecule has 0 aliphatic carbocycles. The summed E-state index contributed by atoms with van der Waals surface area (Å²) in [5.74, 6) is 1.40. The number of aryl methyl sites for hydroxylation is 2. The van der Waals surface area contributed by atoms with Gasteiger partial charge in [0.05, 0.1) is 17.5 Å². The molecule has 0 aliphatic heterocycles. The summed E-state index contributed by atoms with van der Waals surface area (Å²) in [6.07, 6.45) is 1.60. The number of carbonyl (C=O) groups excluding carboxylic acids is 1. The predicted octanol–water partition coefficient (Wildman–Crippen LogP) is 2.96. The first-order valence-corrected chi connectivity index (χ1v) is 10.6. The van der Waals surface area contributed by atoms with E-state index in [1.165, 1.54) is 10.6 Å². The Bertz CT molecular complexity index is 1550. The Balaban J connectivity index is 1.40. The molecule has 0 fully saturated rings. The number of nitrogens with zero attached hydrogens (tertiary/aromatic N) is 5. The molecule has 0 saturated heterocycles. The van der Waals surface area contributed by atoms with Gasteiger partial charge in [0, 0.05) is 24.7 Å². The number of aromatic nitrogens is 6. The maximum atomic E-state index is 13.0. The van der Waals surface area contributed by atoms with E-state index in [0.29, 0.717) is 28.6 Å². The van der Waals surface area contributed by atoms with Crippen LogP contribution < -0.4 is 15.6 Å². The van der Waals surface area contributed by atoms with Crippen molar-refractivity contribution >= 4 is 17.5 Å². The van der Waals surface area contributed by atoms with Crippen LogP contribution in [0.4, 0.5) is 5.82 Å². The lowest BCUT2D eigenvalue weighted by molar-refractivity contribution is 0.102. The first kappa shape index (κ1) is 21.1. The van der Waals surface area contributed by atoms with Crippen LogP contribution in [-0.2, 0) is 13.7 Å². The summed E-state index contributed by atoms with van der Waals surface area (Å²) in [4.78, 5) is 34.5. The quantitative estimate of drug-likeness (QED) is 0.406. The highest BCUT2D eigenvalue weighted by Gasteiger charge is 2.18. The third kappa shape index (κ3) is 4.04. The number of hydrogen-bond acceptors (Lipinski definition) is 6. The highest BCUT2D eigenvalue weighted by atomic mass is 16.5. The predicted molar refractivity (Wildman–Crippen MR) is 126 cm³/mol. The number of ether oxygens (including phenoxy) is 1. The van der Waals surface area contributed by atoms with Crippen molar-refractivity contribution in [3.63, 3.8) is 0 Å². The molecule has 0 radical (unpaired) electrons. The third-order valence-corrected chi connectivity index (χ3v) is 5.33. The Kier molecular flexibility index (Phi) is 5.38. The van der Waals surface area contributed by atoms with Crippen LogP contribution in [0.3, 0.4) is 0 Å². The van der Waals surface area contributed by atoms with Gasteiger partial charge in [-0.2, -0.15) is 14.6 Å². The molecule has 3 heterocycles. The van der Waals surface area contributed by atoms with E-state index in [1.807, 2.05) is 43.3 Å². The summed E-state index contributed by atoms with van der Waals surface area (Å²) >= 11 is 0. The minimum absolute atomic E-state index is 0.00524. The van der Waals surface area contributed by atoms with Gasteiger partial charge in [-0.15, -0.1) is 0 Å². The first-order chi connectivity index (χ1) is 16.5. The standard InChI is InChI=1S/C24H21N7O3/c1-15-7-6-10-18(21(15)23(33)27-19-11-12-25-30(19)2)34-14-17-13-20(32)31-24(26-17)28-22(29-31)16-8-4-3-5-9-16/h3-13H,14H2,1-2H3,(H,27,33)(H,26,28,29). The number of aromatic amines is 1. The Morgan fingerprint density at radius 3 is 2.68 bits per heavy atom. The van der Waals surface area contributed by atoms with Crippen molar-refractivity contribution in [2.45, 2.75) is 13.5 Å². The monoisotopic (exact) mass is 455 g/mol. The molecule has 10 nitrogen and oxygen atoms in total. The van der Waals surface area contributed by atoms with Crippen LogP contribution in [0.2, 0.25) is 0 Å². The van der Waals surface area contributed by atoms with Gasteiger partial charge in [0.25, 0.3) is 17.2 Å². The molecule has 0 unspecified atom stereocenters. The first-order valence-electron chi connectivity index (χ1n) is 10.6. The maximum Gasteiger partial charge on any atom is 0.274 e. The van der Waals surface area contributed by atoms with Gasteiger partial charge < -0.3 is 10.1 Å². The molecule has 170 valence electrons. The average molecular weight is 455 g/mol. The second-order valence-electron chi connectivity index (χ2n) is 7.69. The normalized spacial score (nSPS) is 11.0. The number of benzene rings is 2. The van der Waals surface area contributed by atoms with E-state index < -0.39 is 0 Å². The molecule has 1 amide bonds. The zero-order valence-corrected chi connectivity index (χ0v) is 18.5. The molecular formula is C24H21N7O3. The van der Waals surface area contributed by atoms with E-state index in [2.05, 4.69) is 25.5 Å². The molecule has 5 rings (SSSR count). The van der Waals surface area contributed by atoms with E-state index >= 15 is 0 Å². The molecule has 10 heteroatoms. The van der Waals surface area contributed by atoms with Crippen LogP contribution in [0.15, 0.2) is 71.7 Å². The van der Waals surface area contributed by atoms with E-state index in [-0.39, 0.29) is 23.9 Å². The highest BCUT2D eigenvalue weighted by molar-refractivity contribution is 6.06. The number of anilines is 1. The summed E-state index contributed by atoms with van der Waals surface area (Å²) in [5.41, 5.74) is 2.08. The van der Waals surface area contributed by atoms with Crippen LogP contribution in [0.25, 0.3) is 17.2 Å². The minimum Gasteiger partial charge on any atom is -0.486 e. The number of H-pyrrole nitrogens is 1. The second kappa shape index (κ2) is 8.66. The molecule has 0 saturated carbocycles. The van der Waals surface area contributed by atoms with Crippen molar-refractivity contribution in [3.05, 3.63) is 94.0 Å². The molecule has 34 heavy (non-hydrogen) atoms. The summed E-state index contributed by atoms with van der Waals surface area (Å²) < 4.78 is 8.79. The summed E-state index contributed by atoms with van der Waals surface area (Å²) in [5, 5.41) is 9.86. The lowest BCUT2D eigenvalue weighted by atomic mass is 10.1. The molecule has 3 aromatic heterocycles. The van der Waals surface area contributed by atoms with Crippen LogP contribution in [-0.4, -0.2) is 35.3 Å². The lowest BCUT2D eigenvalue weighted by Gasteiger charge is -2.14. The maximum absolute atomic E-state index is 13.0. The highest BCUT2D eigenvalue weighted by Crippen LogP contribution is 2.24. The fraction of sp³-hybridized carbons (Fsp3) is 0.125. The fourth-order valence-electron chi connectivity index (χ4n) is 3.61. The average Bonchev–Trinajstić information content (AvgIpc) is 3.45. The number of nitrogens with one attached hydrogen (secondary N) is 2. The van der Waals surface area contributed by atoms with Crippen molar-refractivity contribution in [1.82, 2.24) is 29.4 Å². The van der Waals surface area contributed by atoms with Crippen LogP contribution in [0.1, 0.15) is 21.6 Å². The Labute approximate surface area is 193 Å². The zero-order chi connectivity index (χ0) is 23.7. The zero-order valence-electron chi connectivity index (χ0n) is 18.5. The van der Waals surface area contributed by atoms with Crippen molar-refractivity contribution in [3.8, 4) is 17.1 Å². The fourth-order valence-corrected chi connectivity index (χ4v) is 3.61. The van der Waals surface area contributed by atoms with Crippen molar-refractivity contribution in [1.29, 1.82) is 0 Å².